The molecule has 1 rings (SSSR count). The molecule has 1 nitrogen and oxygen atoms in total. The van der Waals surface area contributed by atoms with Crippen molar-refractivity contribution in [3.8, 4) is 5.97 Å². The third kappa shape index (κ3) is 1.11. The van der Waals surface area contributed by atoms with Gasteiger partial charge in [-0.25, -0.2) is 5.26 Å². The molecule has 1 heterocycles. The number of nitrogens with zero attached hydrogens (tertiary/aromatic N) is 1. The monoisotopic (exact) mass is 121 g/mol. The third-order valence-electron chi connectivity index (χ3n) is 0.863. The molecule has 0 N–H and O–H groups in total. The SMILES string of the molecule is N#CBc1ccsc1. The van der Waals surface area contributed by atoms with Crippen LogP contribution in [0.4, 0.5) is 0 Å². The topological polar surface area (TPSA) is 23.8 Å². The maximum absolute atomic E-state index is 8.19. The van der Waals surface area contributed by atoms with Crippen LogP contribution in [0.5, 0.6) is 0 Å². The molecule has 0 spiro atoms. The number of hydrogen-bond donors (Lipinski definition) is 0. The number of nitriles is 1. The molecule has 0 aliphatic rings. The van der Waals surface area contributed by atoms with Crippen LogP contribution >= 0.6 is 11.3 Å². The lowest BCUT2D eigenvalue weighted by Gasteiger charge is -1.73. The van der Waals surface area contributed by atoms with Crippen LogP contribution < -0.4 is 5.46 Å². The smallest absolute Gasteiger partial charge is 0.213 e. The van der Waals surface area contributed by atoms with Crippen LogP contribution in [0, 0.1) is 11.2 Å². The molecule has 0 amide bonds. The average molecular weight is 121 g/mol. The van der Waals surface area contributed by atoms with E-state index in [1.165, 1.54) is 0 Å². The Kier molecular flexibility index (Phi) is 1.71. The highest BCUT2D eigenvalue weighted by molar-refractivity contribution is 7.09. The Hall–Kier alpha value is -0.745. The molecule has 0 saturated heterocycles. The van der Waals surface area contributed by atoms with Crippen molar-refractivity contribution in [2.75, 3.05) is 0 Å². The fourth-order valence-electron chi connectivity index (χ4n) is 0.485. The predicted octanol–water partition coefficient (Wildman–Crippen LogP) is 0.291. The molecule has 3 heteroatoms. The lowest BCUT2D eigenvalue weighted by molar-refractivity contribution is 1.56. The van der Waals surface area contributed by atoms with Crippen LogP contribution in [0.25, 0.3) is 0 Å². The Bertz CT molecular complexity index is 187. The van der Waals surface area contributed by atoms with Crippen molar-refractivity contribution in [2.45, 2.75) is 0 Å². The molecule has 0 aromatic carbocycles. The summed E-state index contributed by atoms with van der Waals surface area (Å²) in [5, 5.41) is 12.2. The van der Waals surface area contributed by atoms with Gasteiger partial charge in [-0.05, 0) is 10.8 Å². The molecule has 0 unspecified atom stereocenters. The first-order chi connectivity index (χ1) is 3.93. The fraction of sp³-hybridized carbons (Fsp3) is 0. The molecule has 0 saturated carbocycles. The highest BCUT2D eigenvalue weighted by atomic mass is 32.1. The zero-order valence-corrected chi connectivity index (χ0v) is 5.11. The highest BCUT2D eigenvalue weighted by Crippen LogP contribution is 1.90. The van der Waals surface area contributed by atoms with E-state index in [0.29, 0.717) is 7.28 Å². The average Bonchev–Trinajstić information content (AvgIpc) is 2.19. The van der Waals surface area contributed by atoms with Gasteiger partial charge in [0.05, 0.1) is 0 Å². The van der Waals surface area contributed by atoms with Gasteiger partial charge in [-0.15, -0.1) is 0 Å². The molecule has 0 radical (unpaired) electrons. The first-order valence-corrected chi connectivity index (χ1v) is 3.26. The molecular formula is C5H4BNS. The van der Waals surface area contributed by atoms with Gasteiger partial charge in [0.25, 0.3) is 7.28 Å². The number of hydrogen-bond acceptors (Lipinski definition) is 2. The van der Waals surface area contributed by atoms with E-state index in [0.717, 1.165) is 5.46 Å². The second kappa shape index (κ2) is 2.53. The Morgan fingerprint density at radius 3 is 3.12 bits per heavy atom. The van der Waals surface area contributed by atoms with Crippen LogP contribution in [-0.2, 0) is 0 Å². The largest absolute Gasteiger partial charge is 0.283 e. The second-order valence-corrected chi connectivity index (χ2v) is 2.25. The van der Waals surface area contributed by atoms with Crippen LogP contribution in [0.3, 0.4) is 0 Å². The van der Waals surface area contributed by atoms with E-state index in [9.17, 15) is 0 Å². The van der Waals surface area contributed by atoms with Gasteiger partial charge in [-0.3, -0.25) is 0 Å². The van der Waals surface area contributed by atoms with E-state index < -0.39 is 0 Å². The van der Waals surface area contributed by atoms with Gasteiger partial charge in [0.15, 0.2) is 0 Å². The van der Waals surface area contributed by atoms with Gasteiger partial charge in [0, 0.05) is 5.97 Å². The van der Waals surface area contributed by atoms with Gasteiger partial charge < -0.3 is 0 Å². The third-order valence-corrected chi connectivity index (χ3v) is 1.60. The van der Waals surface area contributed by atoms with Crippen molar-refractivity contribution in [3.63, 3.8) is 0 Å². The molecule has 0 aliphatic carbocycles. The van der Waals surface area contributed by atoms with E-state index in [-0.39, 0.29) is 0 Å². The summed E-state index contributed by atoms with van der Waals surface area (Å²) in [4.78, 5) is 0. The Labute approximate surface area is 52.8 Å². The Morgan fingerprint density at radius 2 is 2.62 bits per heavy atom. The molecule has 0 fully saturated rings. The molecule has 1 aromatic heterocycles. The number of thiophene rings is 1. The van der Waals surface area contributed by atoms with Crippen LogP contribution in [-0.4, -0.2) is 7.28 Å². The summed E-state index contributed by atoms with van der Waals surface area (Å²) in [5.74, 6) is 2.08. The minimum absolute atomic E-state index is 0.545. The van der Waals surface area contributed by atoms with Gasteiger partial charge in [-0.1, -0.05) is 11.5 Å². The van der Waals surface area contributed by atoms with Crippen LogP contribution in [0.1, 0.15) is 0 Å². The minimum Gasteiger partial charge on any atom is -0.213 e. The zero-order chi connectivity index (χ0) is 5.82. The summed E-state index contributed by atoms with van der Waals surface area (Å²) < 4.78 is 0. The van der Waals surface area contributed by atoms with Gasteiger partial charge in [-0.2, -0.15) is 11.3 Å². The standard InChI is InChI=1S/C5H4BNS/c7-4-6-5-1-2-8-3-5/h1-3,6H. The van der Waals surface area contributed by atoms with Gasteiger partial charge >= 0.3 is 0 Å². The van der Waals surface area contributed by atoms with E-state index in [1.807, 2.05) is 16.8 Å². The first-order valence-electron chi connectivity index (χ1n) is 2.31. The molecule has 0 bridgehead atoms. The summed E-state index contributed by atoms with van der Waals surface area (Å²) in [6, 6.07) is 1.97. The lowest BCUT2D eigenvalue weighted by Crippen LogP contribution is -2.07. The summed E-state index contributed by atoms with van der Waals surface area (Å²) in [7, 11) is 0.545. The normalized spacial score (nSPS) is 7.88. The van der Waals surface area contributed by atoms with Gasteiger partial charge in [0.2, 0.25) is 0 Å². The zero-order valence-electron chi connectivity index (χ0n) is 4.29. The van der Waals surface area contributed by atoms with Crippen LogP contribution in [0.15, 0.2) is 16.8 Å². The van der Waals surface area contributed by atoms with E-state index in [1.54, 1.807) is 11.3 Å². The Morgan fingerprint density at radius 1 is 1.75 bits per heavy atom. The van der Waals surface area contributed by atoms with Gasteiger partial charge in [0.1, 0.15) is 0 Å². The van der Waals surface area contributed by atoms with E-state index in [2.05, 4.69) is 5.97 Å². The Balaban J connectivity index is 2.67. The summed E-state index contributed by atoms with van der Waals surface area (Å²) in [6.07, 6.45) is 0. The van der Waals surface area contributed by atoms with Crippen LogP contribution in [0.2, 0.25) is 0 Å². The van der Waals surface area contributed by atoms with Crippen molar-refractivity contribution in [3.05, 3.63) is 16.8 Å². The first kappa shape index (κ1) is 5.39. The fourth-order valence-corrected chi connectivity index (χ4v) is 1.15. The maximum Gasteiger partial charge on any atom is 0.283 e. The van der Waals surface area contributed by atoms with Crippen molar-refractivity contribution in [2.24, 2.45) is 0 Å². The predicted molar refractivity (Wildman–Crippen MR) is 36.7 cm³/mol. The molecule has 0 aliphatic heterocycles. The molecular weight excluding hydrogens is 117 g/mol. The van der Waals surface area contributed by atoms with Crippen molar-refractivity contribution in [1.82, 2.24) is 0 Å². The lowest BCUT2D eigenvalue weighted by atomic mass is 9.74. The molecule has 8 heavy (non-hydrogen) atoms. The quantitative estimate of drug-likeness (QED) is 0.490. The van der Waals surface area contributed by atoms with E-state index >= 15 is 0 Å². The van der Waals surface area contributed by atoms with Crippen molar-refractivity contribution < 1.29 is 0 Å². The summed E-state index contributed by atoms with van der Waals surface area (Å²) in [5.41, 5.74) is 1.12. The van der Waals surface area contributed by atoms with Crippen molar-refractivity contribution in [1.29, 1.82) is 5.26 Å². The summed E-state index contributed by atoms with van der Waals surface area (Å²) in [6.45, 7) is 0. The molecule has 1 aromatic rings. The minimum atomic E-state index is 0.545. The summed E-state index contributed by atoms with van der Waals surface area (Å²) >= 11 is 1.63. The molecule has 0 atom stereocenters. The maximum atomic E-state index is 8.19. The second-order valence-electron chi connectivity index (χ2n) is 1.47. The highest BCUT2D eigenvalue weighted by Gasteiger charge is 1.90. The van der Waals surface area contributed by atoms with Crippen molar-refractivity contribution >= 4 is 24.1 Å². The number of rotatable bonds is 1. The van der Waals surface area contributed by atoms with E-state index in [4.69, 9.17) is 5.26 Å². The molecule has 38 valence electrons.